The van der Waals surface area contributed by atoms with Crippen LogP contribution in [0.2, 0.25) is 0 Å². The van der Waals surface area contributed by atoms with Gasteiger partial charge in [0.25, 0.3) is 0 Å². The van der Waals surface area contributed by atoms with E-state index >= 15 is 0 Å². The third-order valence-corrected chi connectivity index (χ3v) is 5.15. The first-order chi connectivity index (χ1) is 9.63. The van der Waals surface area contributed by atoms with Crippen molar-refractivity contribution in [1.82, 2.24) is 10.2 Å². The number of hydrogen-bond donors (Lipinski definition) is 1. The molecule has 0 saturated heterocycles. The molecule has 4 heteroatoms. The van der Waals surface area contributed by atoms with E-state index in [4.69, 9.17) is 0 Å². The van der Waals surface area contributed by atoms with Crippen LogP contribution < -0.4 is 5.32 Å². The molecule has 0 atom stereocenters. The predicted octanol–water partition coefficient (Wildman–Crippen LogP) is 3.98. The van der Waals surface area contributed by atoms with Gasteiger partial charge in [-0.1, -0.05) is 19.9 Å². The molecule has 0 amide bonds. The average Bonchev–Trinajstić information content (AvgIpc) is 3.05. The Kier molecular flexibility index (Phi) is 6.23. The second kappa shape index (κ2) is 7.93. The minimum Gasteiger partial charge on any atom is -0.310 e. The Labute approximate surface area is 130 Å². The maximum absolute atomic E-state index is 3.47. The van der Waals surface area contributed by atoms with E-state index in [0.717, 1.165) is 26.1 Å². The summed E-state index contributed by atoms with van der Waals surface area (Å²) in [7, 11) is 2.21. The molecule has 0 bridgehead atoms. The van der Waals surface area contributed by atoms with Crippen LogP contribution in [0.4, 0.5) is 0 Å². The lowest BCUT2D eigenvalue weighted by molar-refractivity contribution is 0.335. The molecule has 0 aliphatic heterocycles. The summed E-state index contributed by atoms with van der Waals surface area (Å²) in [5.41, 5.74) is 0. The second-order valence-corrected chi connectivity index (χ2v) is 7.76. The van der Waals surface area contributed by atoms with Crippen LogP contribution in [0.3, 0.4) is 0 Å². The first-order valence-corrected chi connectivity index (χ1v) is 8.85. The topological polar surface area (TPSA) is 15.3 Å². The molecular formula is C16H24N2S2. The van der Waals surface area contributed by atoms with Crippen LogP contribution in [0.15, 0.2) is 29.6 Å². The van der Waals surface area contributed by atoms with Crippen LogP contribution in [0.25, 0.3) is 0 Å². The van der Waals surface area contributed by atoms with Gasteiger partial charge in [-0.15, -0.1) is 22.7 Å². The summed E-state index contributed by atoms with van der Waals surface area (Å²) < 4.78 is 0. The highest BCUT2D eigenvalue weighted by molar-refractivity contribution is 7.12. The minimum atomic E-state index is 0.550. The van der Waals surface area contributed by atoms with Gasteiger partial charge in [0.2, 0.25) is 0 Å². The molecule has 2 aromatic heterocycles. The molecule has 0 aromatic carbocycles. The molecule has 0 unspecified atom stereocenters. The van der Waals surface area contributed by atoms with Gasteiger partial charge >= 0.3 is 0 Å². The van der Waals surface area contributed by atoms with Gasteiger partial charge in [-0.25, -0.2) is 0 Å². The lowest BCUT2D eigenvalue weighted by Gasteiger charge is -2.14. The molecule has 20 heavy (non-hydrogen) atoms. The van der Waals surface area contributed by atoms with Crippen molar-refractivity contribution in [3.05, 3.63) is 44.3 Å². The largest absolute Gasteiger partial charge is 0.310 e. The van der Waals surface area contributed by atoms with Crippen molar-refractivity contribution in [2.24, 2.45) is 0 Å². The summed E-state index contributed by atoms with van der Waals surface area (Å²) in [4.78, 5) is 6.77. The Morgan fingerprint density at radius 3 is 2.65 bits per heavy atom. The van der Waals surface area contributed by atoms with Gasteiger partial charge in [0.05, 0.1) is 0 Å². The first kappa shape index (κ1) is 15.7. The fourth-order valence-corrected chi connectivity index (χ4v) is 3.76. The van der Waals surface area contributed by atoms with E-state index in [1.165, 1.54) is 14.6 Å². The van der Waals surface area contributed by atoms with E-state index in [0.29, 0.717) is 6.04 Å². The van der Waals surface area contributed by atoms with Gasteiger partial charge < -0.3 is 10.2 Å². The molecule has 0 fully saturated rings. The fraction of sp³-hybridized carbons (Fsp3) is 0.500. The molecular weight excluding hydrogens is 284 g/mol. The summed E-state index contributed by atoms with van der Waals surface area (Å²) in [6, 6.07) is 9.42. The summed E-state index contributed by atoms with van der Waals surface area (Å²) in [6.45, 7) is 7.54. The summed E-state index contributed by atoms with van der Waals surface area (Å²) in [5.74, 6) is 0. The predicted molar refractivity (Wildman–Crippen MR) is 90.7 cm³/mol. The highest BCUT2D eigenvalue weighted by Crippen LogP contribution is 2.18. The summed E-state index contributed by atoms with van der Waals surface area (Å²) >= 11 is 3.78. The zero-order chi connectivity index (χ0) is 14.4. The highest BCUT2D eigenvalue weighted by atomic mass is 32.1. The van der Waals surface area contributed by atoms with Crippen LogP contribution in [-0.2, 0) is 19.5 Å². The molecule has 0 saturated carbocycles. The Balaban J connectivity index is 1.74. The van der Waals surface area contributed by atoms with E-state index in [1.54, 1.807) is 0 Å². The van der Waals surface area contributed by atoms with Crippen molar-refractivity contribution in [1.29, 1.82) is 0 Å². The van der Waals surface area contributed by atoms with Crippen molar-refractivity contribution in [3.63, 3.8) is 0 Å². The average molecular weight is 309 g/mol. The Hall–Kier alpha value is -0.680. The van der Waals surface area contributed by atoms with Gasteiger partial charge in [-0.2, -0.15) is 0 Å². The van der Waals surface area contributed by atoms with Gasteiger partial charge in [0.1, 0.15) is 0 Å². The second-order valence-electron chi connectivity index (χ2n) is 5.47. The van der Waals surface area contributed by atoms with Crippen LogP contribution in [0, 0.1) is 0 Å². The number of hydrogen-bond acceptors (Lipinski definition) is 4. The van der Waals surface area contributed by atoms with Crippen LogP contribution in [0.5, 0.6) is 0 Å². The van der Waals surface area contributed by atoms with Gasteiger partial charge in [0.15, 0.2) is 0 Å². The Morgan fingerprint density at radius 2 is 1.95 bits per heavy atom. The molecule has 2 aromatic rings. The zero-order valence-electron chi connectivity index (χ0n) is 12.6. The van der Waals surface area contributed by atoms with Crippen LogP contribution >= 0.6 is 22.7 Å². The smallest absolute Gasteiger partial charge is 0.0325 e. The zero-order valence-corrected chi connectivity index (χ0v) is 14.2. The molecule has 2 heterocycles. The molecule has 0 aliphatic carbocycles. The van der Waals surface area contributed by atoms with E-state index < -0.39 is 0 Å². The lowest BCUT2D eigenvalue weighted by Crippen LogP contribution is -2.21. The molecule has 0 radical (unpaired) electrons. The molecule has 2 rings (SSSR count). The van der Waals surface area contributed by atoms with Crippen molar-refractivity contribution < 1.29 is 0 Å². The van der Waals surface area contributed by atoms with E-state index in [-0.39, 0.29) is 0 Å². The SMILES string of the molecule is CC(C)NCc1ccc(CN(C)CCc2cccs2)s1. The maximum Gasteiger partial charge on any atom is 0.0325 e. The molecule has 110 valence electrons. The maximum atomic E-state index is 3.47. The van der Waals surface area contributed by atoms with Crippen LogP contribution in [0.1, 0.15) is 28.5 Å². The molecule has 0 aliphatic rings. The number of thiophene rings is 2. The number of likely N-dealkylation sites (N-methyl/N-ethyl adjacent to an activating group) is 1. The van der Waals surface area contributed by atoms with E-state index in [2.05, 4.69) is 60.8 Å². The summed E-state index contributed by atoms with van der Waals surface area (Å²) in [5, 5.41) is 5.63. The fourth-order valence-electron chi connectivity index (χ4n) is 2.01. The minimum absolute atomic E-state index is 0.550. The number of nitrogens with one attached hydrogen (secondary N) is 1. The molecule has 1 N–H and O–H groups in total. The third kappa shape index (κ3) is 5.37. The van der Waals surface area contributed by atoms with Crippen molar-refractivity contribution >= 4 is 22.7 Å². The standard InChI is InChI=1S/C16H24N2S2/c1-13(2)17-11-15-6-7-16(20-15)12-18(3)9-8-14-5-4-10-19-14/h4-7,10,13,17H,8-9,11-12H2,1-3H3. The monoisotopic (exact) mass is 308 g/mol. The number of nitrogens with zero attached hydrogens (tertiary/aromatic N) is 1. The van der Waals surface area contributed by atoms with Crippen LogP contribution in [-0.4, -0.2) is 24.5 Å². The van der Waals surface area contributed by atoms with Crippen molar-refractivity contribution in [2.75, 3.05) is 13.6 Å². The highest BCUT2D eigenvalue weighted by Gasteiger charge is 2.05. The normalized spacial score (nSPS) is 11.7. The third-order valence-electron chi connectivity index (χ3n) is 3.15. The van der Waals surface area contributed by atoms with Crippen molar-refractivity contribution in [3.8, 4) is 0 Å². The molecule has 0 spiro atoms. The molecule has 2 nitrogen and oxygen atoms in total. The van der Waals surface area contributed by atoms with E-state index in [9.17, 15) is 0 Å². The van der Waals surface area contributed by atoms with Gasteiger partial charge in [-0.3, -0.25) is 0 Å². The van der Waals surface area contributed by atoms with Gasteiger partial charge in [0, 0.05) is 40.3 Å². The Morgan fingerprint density at radius 1 is 1.15 bits per heavy atom. The Bertz CT molecular complexity index is 488. The van der Waals surface area contributed by atoms with E-state index in [1.807, 2.05) is 22.7 Å². The summed E-state index contributed by atoms with van der Waals surface area (Å²) in [6.07, 6.45) is 1.15. The van der Waals surface area contributed by atoms with Crippen molar-refractivity contribution in [2.45, 2.75) is 39.4 Å². The quantitative estimate of drug-likeness (QED) is 0.793. The lowest BCUT2D eigenvalue weighted by atomic mass is 10.3. The van der Waals surface area contributed by atoms with Gasteiger partial charge in [-0.05, 0) is 37.0 Å². The first-order valence-electron chi connectivity index (χ1n) is 7.15. The number of rotatable bonds is 8.